The SMILES string of the molecule is COc1cc(Cl)cc2c1NC(Br)NS2. The van der Waals surface area contributed by atoms with Crippen molar-refractivity contribution in [3.05, 3.63) is 17.2 Å². The van der Waals surface area contributed by atoms with Crippen molar-refractivity contribution >= 4 is 45.2 Å². The minimum absolute atomic E-state index is 0.0371. The van der Waals surface area contributed by atoms with Gasteiger partial charge in [-0.05, 0) is 33.9 Å². The first kappa shape index (κ1) is 10.4. The fourth-order valence-electron chi connectivity index (χ4n) is 1.21. The Balaban J connectivity index is 2.47. The molecule has 1 aliphatic rings. The molecular weight excluding hydrogens is 288 g/mol. The molecule has 0 saturated heterocycles. The normalized spacial score (nSPS) is 19.8. The van der Waals surface area contributed by atoms with Gasteiger partial charge in [-0.15, -0.1) is 0 Å². The van der Waals surface area contributed by atoms with Crippen LogP contribution in [0, 0.1) is 0 Å². The van der Waals surface area contributed by atoms with Crippen molar-refractivity contribution in [1.29, 1.82) is 0 Å². The minimum Gasteiger partial charge on any atom is -0.494 e. The van der Waals surface area contributed by atoms with Crippen LogP contribution in [-0.4, -0.2) is 12.2 Å². The predicted octanol–water partition coefficient (Wildman–Crippen LogP) is 3.05. The number of fused-ring (bicyclic) bond motifs is 1. The highest BCUT2D eigenvalue weighted by atomic mass is 79.9. The molecule has 3 nitrogen and oxygen atoms in total. The van der Waals surface area contributed by atoms with E-state index in [2.05, 4.69) is 26.0 Å². The Labute approximate surface area is 99.8 Å². The van der Waals surface area contributed by atoms with E-state index in [9.17, 15) is 0 Å². The third-order valence-electron chi connectivity index (χ3n) is 1.79. The van der Waals surface area contributed by atoms with Gasteiger partial charge in [0.05, 0.1) is 17.7 Å². The molecule has 1 unspecified atom stereocenters. The monoisotopic (exact) mass is 294 g/mol. The molecule has 14 heavy (non-hydrogen) atoms. The number of halogens is 2. The maximum absolute atomic E-state index is 5.94. The van der Waals surface area contributed by atoms with E-state index < -0.39 is 0 Å². The van der Waals surface area contributed by atoms with Crippen molar-refractivity contribution in [2.75, 3.05) is 12.4 Å². The maximum atomic E-state index is 5.94. The number of ether oxygens (including phenoxy) is 1. The largest absolute Gasteiger partial charge is 0.494 e. The van der Waals surface area contributed by atoms with E-state index in [1.807, 2.05) is 6.07 Å². The fraction of sp³-hybridized carbons (Fsp3) is 0.250. The van der Waals surface area contributed by atoms with Crippen LogP contribution >= 0.6 is 39.5 Å². The van der Waals surface area contributed by atoms with Crippen molar-refractivity contribution in [3.8, 4) is 5.75 Å². The summed E-state index contributed by atoms with van der Waals surface area (Å²) in [5, 5.41) is 3.92. The Morgan fingerprint density at radius 1 is 1.57 bits per heavy atom. The molecule has 0 spiro atoms. The van der Waals surface area contributed by atoms with Gasteiger partial charge in [-0.1, -0.05) is 11.6 Å². The van der Waals surface area contributed by atoms with Gasteiger partial charge in [0.2, 0.25) is 0 Å². The Kier molecular flexibility index (Phi) is 3.11. The van der Waals surface area contributed by atoms with E-state index in [1.165, 1.54) is 11.9 Å². The van der Waals surface area contributed by atoms with Gasteiger partial charge >= 0.3 is 0 Å². The van der Waals surface area contributed by atoms with Crippen LogP contribution < -0.4 is 14.8 Å². The van der Waals surface area contributed by atoms with Crippen molar-refractivity contribution < 1.29 is 4.74 Å². The van der Waals surface area contributed by atoms with Gasteiger partial charge in [0.15, 0.2) is 0 Å². The second-order valence-electron chi connectivity index (χ2n) is 2.71. The third kappa shape index (κ3) is 1.95. The van der Waals surface area contributed by atoms with Crippen LogP contribution in [0.1, 0.15) is 0 Å². The third-order valence-corrected chi connectivity index (χ3v) is 3.67. The molecule has 0 amide bonds. The van der Waals surface area contributed by atoms with Crippen LogP contribution in [-0.2, 0) is 0 Å². The first-order chi connectivity index (χ1) is 6.70. The number of rotatable bonds is 1. The zero-order chi connectivity index (χ0) is 10.1. The van der Waals surface area contributed by atoms with Crippen LogP contribution in [0.2, 0.25) is 5.02 Å². The van der Waals surface area contributed by atoms with E-state index in [1.54, 1.807) is 13.2 Å². The minimum atomic E-state index is 0.0371. The van der Waals surface area contributed by atoms with Gasteiger partial charge in [-0.25, -0.2) is 4.72 Å². The van der Waals surface area contributed by atoms with Gasteiger partial charge in [0, 0.05) is 11.1 Å². The Morgan fingerprint density at radius 2 is 2.36 bits per heavy atom. The Morgan fingerprint density at radius 3 is 3.07 bits per heavy atom. The number of nitrogens with one attached hydrogen (secondary N) is 2. The summed E-state index contributed by atoms with van der Waals surface area (Å²) in [4.78, 5) is 1.03. The summed E-state index contributed by atoms with van der Waals surface area (Å²) in [6.45, 7) is 0. The number of anilines is 1. The van der Waals surface area contributed by atoms with Crippen molar-refractivity contribution in [2.45, 2.75) is 9.97 Å². The van der Waals surface area contributed by atoms with Gasteiger partial charge in [0.25, 0.3) is 0 Å². The lowest BCUT2D eigenvalue weighted by Crippen LogP contribution is -2.29. The van der Waals surface area contributed by atoms with E-state index >= 15 is 0 Å². The molecule has 0 radical (unpaired) electrons. The summed E-state index contributed by atoms with van der Waals surface area (Å²) < 4.78 is 8.36. The second kappa shape index (κ2) is 4.18. The molecule has 2 N–H and O–H groups in total. The Hall–Kier alpha value is -0.100. The number of alkyl halides is 1. The molecule has 6 heteroatoms. The van der Waals surface area contributed by atoms with E-state index in [0.717, 1.165) is 16.3 Å². The van der Waals surface area contributed by atoms with Crippen LogP contribution in [0.4, 0.5) is 5.69 Å². The zero-order valence-electron chi connectivity index (χ0n) is 7.30. The van der Waals surface area contributed by atoms with Gasteiger partial charge in [-0.3, -0.25) is 0 Å². The molecule has 1 heterocycles. The summed E-state index contributed by atoms with van der Waals surface area (Å²) in [7, 11) is 1.63. The number of methoxy groups -OCH3 is 1. The number of hydrogen-bond acceptors (Lipinski definition) is 4. The Bertz CT molecular complexity index is 346. The quantitative estimate of drug-likeness (QED) is 0.474. The average Bonchev–Trinajstić information content (AvgIpc) is 2.17. The lowest BCUT2D eigenvalue weighted by atomic mass is 10.3. The first-order valence-corrected chi connectivity index (χ1v) is 6.02. The lowest BCUT2D eigenvalue weighted by molar-refractivity contribution is 0.415. The predicted molar refractivity (Wildman–Crippen MR) is 63.3 cm³/mol. The van der Waals surface area contributed by atoms with E-state index in [4.69, 9.17) is 16.3 Å². The molecule has 0 bridgehead atoms. The highest BCUT2D eigenvalue weighted by molar-refractivity contribution is 9.09. The highest BCUT2D eigenvalue weighted by Crippen LogP contribution is 2.40. The maximum Gasteiger partial charge on any atom is 0.144 e. The van der Waals surface area contributed by atoms with Crippen molar-refractivity contribution in [1.82, 2.24) is 4.72 Å². The van der Waals surface area contributed by atoms with Gasteiger partial charge < -0.3 is 10.1 Å². The van der Waals surface area contributed by atoms with Crippen molar-refractivity contribution in [3.63, 3.8) is 0 Å². The van der Waals surface area contributed by atoms with E-state index in [0.29, 0.717) is 5.02 Å². The molecule has 1 aromatic carbocycles. The summed E-state index contributed by atoms with van der Waals surface area (Å²) >= 11 is 10.9. The van der Waals surface area contributed by atoms with Gasteiger partial charge in [0.1, 0.15) is 10.8 Å². The summed E-state index contributed by atoms with van der Waals surface area (Å²) in [6.07, 6.45) is 0. The lowest BCUT2D eigenvalue weighted by Gasteiger charge is -2.25. The summed E-state index contributed by atoms with van der Waals surface area (Å²) in [5.41, 5.74) is 0.961. The zero-order valence-corrected chi connectivity index (χ0v) is 10.5. The number of benzene rings is 1. The van der Waals surface area contributed by atoms with Crippen LogP contribution in [0.5, 0.6) is 5.75 Å². The fourth-order valence-corrected chi connectivity index (χ4v) is 2.73. The van der Waals surface area contributed by atoms with Crippen molar-refractivity contribution in [2.24, 2.45) is 0 Å². The molecule has 76 valence electrons. The average molecular weight is 296 g/mol. The second-order valence-corrected chi connectivity index (χ2v) is 4.94. The van der Waals surface area contributed by atoms with Gasteiger partial charge in [-0.2, -0.15) is 0 Å². The summed E-state index contributed by atoms with van der Waals surface area (Å²) in [5.74, 6) is 0.756. The first-order valence-electron chi connectivity index (χ1n) is 3.91. The molecule has 1 aliphatic heterocycles. The molecule has 2 rings (SSSR count). The smallest absolute Gasteiger partial charge is 0.144 e. The highest BCUT2D eigenvalue weighted by Gasteiger charge is 2.19. The molecule has 0 fully saturated rings. The molecule has 1 aromatic rings. The molecule has 0 aromatic heterocycles. The molecular formula is C8H8BrClN2OS. The number of hydrogen-bond donors (Lipinski definition) is 2. The molecule has 0 aliphatic carbocycles. The van der Waals surface area contributed by atoms with Crippen LogP contribution in [0.25, 0.3) is 0 Å². The van der Waals surface area contributed by atoms with E-state index in [-0.39, 0.29) is 5.08 Å². The standard InChI is InChI=1S/C8H8BrClN2OS/c1-13-5-2-4(10)3-6-7(5)11-8(9)12-14-6/h2-3,8,11-12H,1H3. The summed E-state index contributed by atoms with van der Waals surface area (Å²) in [6, 6.07) is 3.68. The van der Waals surface area contributed by atoms with Crippen LogP contribution in [0.15, 0.2) is 17.0 Å². The molecule has 1 atom stereocenters. The molecule has 0 saturated carbocycles. The van der Waals surface area contributed by atoms with Crippen LogP contribution in [0.3, 0.4) is 0 Å². The topological polar surface area (TPSA) is 33.3 Å².